The van der Waals surface area contributed by atoms with Gasteiger partial charge in [0.15, 0.2) is 0 Å². The molecule has 1 aliphatic rings. The van der Waals surface area contributed by atoms with Crippen LogP contribution in [0.4, 0.5) is 0 Å². The van der Waals surface area contributed by atoms with Crippen LogP contribution in [0.2, 0.25) is 0 Å². The molecule has 132 valence electrons. The Morgan fingerprint density at radius 2 is 2.25 bits per heavy atom. The Bertz CT molecular complexity index is 594. The predicted octanol–water partition coefficient (Wildman–Crippen LogP) is 1.46. The highest BCUT2D eigenvalue weighted by Gasteiger charge is 2.25. The molecule has 1 unspecified atom stereocenters. The fourth-order valence-corrected chi connectivity index (χ4v) is 3.32. The van der Waals surface area contributed by atoms with Crippen LogP contribution in [0.3, 0.4) is 0 Å². The molecule has 1 saturated heterocycles. The number of nitrogens with one attached hydrogen (secondary N) is 1. The van der Waals surface area contributed by atoms with Gasteiger partial charge in [0.2, 0.25) is 11.8 Å². The van der Waals surface area contributed by atoms with Crippen LogP contribution in [0.5, 0.6) is 5.75 Å². The van der Waals surface area contributed by atoms with Gasteiger partial charge in [-0.3, -0.25) is 9.59 Å². The lowest BCUT2D eigenvalue weighted by Gasteiger charge is -2.22. The molecule has 0 aliphatic carbocycles. The van der Waals surface area contributed by atoms with Crippen molar-refractivity contribution < 1.29 is 14.3 Å². The maximum Gasteiger partial charge on any atom is 0.239 e. The minimum atomic E-state index is -0.475. The number of ether oxygens (including phenoxy) is 1. The van der Waals surface area contributed by atoms with Crippen molar-refractivity contribution in [1.29, 1.82) is 0 Å². The van der Waals surface area contributed by atoms with E-state index in [1.165, 1.54) is 0 Å². The standard InChI is InChI=1S/C17H24BrN3O3/c1-24-15-6-5-12(10-13(15)18)7-8-20-16(22)11-21-9-3-2-4-14(19)17(21)23/h5-6,10,14H,2-4,7-9,11,19H2,1H3,(H,20,22). The molecule has 0 radical (unpaired) electrons. The molecule has 1 aromatic rings. The minimum absolute atomic E-state index is 0.0822. The Hall–Kier alpha value is -1.60. The van der Waals surface area contributed by atoms with E-state index >= 15 is 0 Å². The Morgan fingerprint density at radius 3 is 2.96 bits per heavy atom. The second-order valence-corrected chi connectivity index (χ2v) is 6.79. The average molecular weight is 398 g/mol. The summed E-state index contributed by atoms with van der Waals surface area (Å²) in [4.78, 5) is 25.7. The van der Waals surface area contributed by atoms with Gasteiger partial charge in [-0.1, -0.05) is 6.07 Å². The minimum Gasteiger partial charge on any atom is -0.496 e. The molecule has 0 aromatic heterocycles. The van der Waals surface area contributed by atoms with Gasteiger partial charge in [-0.15, -0.1) is 0 Å². The van der Waals surface area contributed by atoms with Gasteiger partial charge in [0.1, 0.15) is 5.75 Å². The highest BCUT2D eigenvalue weighted by molar-refractivity contribution is 9.10. The van der Waals surface area contributed by atoms with Crippen molar-refractivity contribution in [1.82, 2.24) is 10.2 Å². The second kappa shape index (κ2) is 9.03. The number of hydrogen-bond acceptors (Lipinski definition) is 4. The van der Waals surface area contributed by atoms with E-state index in [9.17, 15) is 9.59 Å². The van der Waals surface area contributed by atoms with Crippen LogP contribution in [-0.2, 0) is 16.0 Å². The van der Waals surface area contributed by atoms with E-state index < -0.39 is 6.04 Å². The van der Waals surface area contributed by atoms with Crippen molar-refractivity contribution in [2.45, 2.75) is 31.7 Å². The third-order valence-electron chi connectivity index (χ3n) is 4.11. The molecule has 2 rings (SSSR count). The summed E-state index contributed by atoms with van der Waals surface area (Å²) in [6.45, 7) is 1.20. The number of carbonyl (C=O) groups is 2. The van der Waals surface area contributed by atoms with Crippen LogP contribution < -0.4 is 15.8 Å². The van der Waals surface area contributed by atoms with Crippen LogP contribution in [0.25, 0.3) is 0 Å². The lowest BCUT2D eigenvalue weighted by atomic mass is 10.1. The molecule has 1 aliphatic heterocycles. The van der Waals surface area contributed by atoms with Crippen LogP contribution in [0.15, 0.2) is 22.7 Å². The molecule has 0 spiro atoms. The zero-order chi connectivity index (χ0) is 17.5. The second-order valence-electron chi connectivity index (χ2n) is 5.93. The van der Waals surface area contributed by atoms with E-state index in [-0.39, 0.29) is 18.4 Å². The van der Waals surface area contributed by atoms with Gasteiger partial charge in [0.25, 0.3) is 0 Å². The van der Waals surface area contributed by atoms with Gasteiger partial charge in [0, 0.05) is 13.1 Å². The highest BCUT2D eigenvalue weighted by Crippen LogP contribution is 2.25. The lowest BCUT2D eigenvalue weighted by molar-refractivity contribution is -0.136. The molecule has 6 nitrogen and oxygen atoms in total. The third kappa shape index (κ3) is 5.21. The fraction of sp³-hybridized carbons (Fsp3) is 0.529. The Labute approximate surface area is 150 Å². The zero-order valence-electron chi connectivity index (χ0n) is 13.9. The summed E-state index contributed by atoms with van der Waals surface area (Å²) < 4.78 is 6.08. The molecule has 0 bridgehead atoms. The number of nitrogens with two attached hydrogens (primary N) is 1. The normalized spacial score (nSPS) is 18.2. The van der Waals surface area contributed by atoms with Crippen LogP contribution >= 0.6 is 15.9 Å². The SMILES string of the molecule is COc1ccc(CCNC(=O)CN2CCCCC(N)C2=O)cc1Br. The number of amides is 2. The van der Waals surface area contributed by atoms with Gasteiger partial charge in [-0.25, -0.2) is 0 Å². The van der Waals surface area contributed by atoms with Gasteiger partial charge in [-0.05, 0) is 59.3 Å². The zero-order valence-corrected chi connectivity index (χ0v) is 15.5. The number of benzene rings is 1. The maximum absolute atomic E-state index is 12.1. The van der Waals surface area contributed by atoms with Crippen LogP contribution in [0.1, 0.15) is 24.8 Å². The largest absolute Gasteiger partial charge is 0.496 e. The predicted molar refractivity (Wildman–Crippen MR) is 95.8 cm³/mol. The van der Waals surface area contributed by atoms with E-state index in [0.29, 0.717) is 25.9 Å². The summed E-state index contributed by atoms with van der Waals surface area (Å²) in [7, 11) is 1.62. The van der Waals surface area contributed by atoms with Crippen molar-refractivity contribution in [2.24, 2.45) is 5.73 Å². The number of likely N-dealkylation sites (tertiary alicyclic amines) is 1. The smallest absolute Gasteiger partial charge is 0.239 e. The van der Waals surface area contributed by atoms with Crippen molar-refractivity contribution in [3.05, 3.63) is 28.2 Å². The van der Waals surface area contributed by atoms with E-state index in [4.69, 9.17) is 10.5 Å². The Balaban J connectivity index is 1.78. The number of rotatable bonds is 6. The fourth-order valence-electron chi connectivity index (χ4n) is 2.73. The first-order valence-electron chi connectivity index (χ1n) is 8.14. The number of nitrogens with zero attached hydrogens (tertiary/aromatic N) is 1. The molecule has 2 amide bonds. The van der Waals surface area contributed by atoms with Gasteiger partial charge < -0.3 is 20.7 Å². The van der Waals surface area contributed by atoms with E-state index in [1.807, 2.05) is 18.2 Å². The first-order chi connectivity index (χ1) is 11.5. The summed E-state index contributed by atoms with van der Waals surface area (Å²) in [5.41, 5.74) is 6.91. The molecular weight excluding hydrogens is 374 g/mol. The van der Waals surface area contributed by atoms with Gasteiger partial charge in [-0.2, -0.15) is 0 Å². The number of hydrogen-bond donors (Lipinski definition) is 2. The first kappa shape index (κ1) is 18.7. The Morgan fingerprint density at radius 1 is 1.46 bits per heavy atom. The summed E-state index contributed by atoms with van der Waals surface area (Å²) in [5.74, 6) is 0.505. The van der Waals surface area contributed by atoms with E-state index in [2.05, 4.69) is 21.2 Å². The van der Waals surface area contributed by atoms with Crippen LogP contribution in [-0.4, -0.2) is 49.5 Å². The molecule has 1 fully saturated rings. The molecule has 24 heavy (non-hydrogen) atoms. The number of carbonyl (C=O) groups excluding carboxylic acids is 2. The summed E-state index contributed by atoms with van der Waals surface area (Å²) in [5, 5.41) is 2.86. The molecule has 7 heteroatoms. The van der Waals surface area contributed by atoms with Crippen molar-refractivity contribution in [3.63, 3.8) is 0 Å². The first-order valence-corrected chi connectivity index (χ1v) is 8.94. The molecule has 1 heterocycles. The maximum atomic E-state index is 12.1. The summed E-state index contributed by atoms with van der Waals surface area (Å²) in [6.07, 6.45) is 3.23. The Kier molecular flexibility index (Phi) is 7.05. The number of methoxy groups -OCH3 is 1. The molecular formula is C17H24BrN3O3. The quantitative estimate of drug-likeness (QED) is 0.760. The molecule has 0 saturated carbocycles. The van der Waals surface area contributed by atoms with E-state index in [1.54, 1.807) is 12.0 Å². The van der Waals surface area contributed by atoms with Crippen LogP contribution in [0, 0.1) is 0 Å². The molecule has 3 N–H and O–H groups in total. The van der Waals surface area contributed by atoms with E-state index in [0.717, 1.165) is 28.6 Å². The summed E-state index contributed by atoms with van der Waals surface area (Å²) >= 11 is 3.45. The molecule has 1 aromatic carbocycles. The lowest BCUT2D eigenvalue weighted by Crippen LogP contribution is -2.47. The molecule has 1 atom stereocenters. The summed E-state index contributed by atoms with van der Waals surface area (Å²) in [6, 6.07) is 5.35. The van der Waals surface area contributed by atoms with Crippen molar-refractivity contribution in [2.75, 3.05) is 26.7 Å². The van der Waals surface area contributed by atoms with Crippen molar-refractivity contribution >= 4 is 27.7 Å². The average Bonchev–Trinajstić information content (AvgIpc) is 2.71. The monoisotopic (exact) mass is 397 g/mol. The third-order valence-corrected chi connectivity index (χ3v) is 4.73. The van der Waals surface area contributed by atoms with Gasteiger partial charge in [0.05, 0.1) is 24.2 Å². The number of halogens is 1. The van der Waals surface area contributed by atoms with Gasteiger partial charge >= 0.3 is 0 Å². The highest BCUT2D eigenvalue weighted by atomic mass is 79.9. The topological polar surface area (TPSA) is 84.7 Å². The van der Waals surface area contributed by atoms with Crippen molar-refractivity contribution in [3.8, 4) is 5.75 Å².